The number of rotatable bonds is 7. The second kappa shape index (κ2) is 14.3. The topological polar surface area (TPSA) is 146 Å². The molecule has 0 bridgehead atoms. The van der Waals surface area contributed by atoms with Crippen molar-refractivity contribution >= 4 is 39.9 Å². The zero-order valence-corrected chi connectivity index (χ0v) is 33.0. The third-order valence-electron chi connectivity index (χ3n) is 11.2. The number of hydrogen-bond acceptors (Lipinski definition) is 7. The van der Waals surface area contributed by atoms with E-state index in [0.717, 1.165) is 56.4 Å². The first kappa shape index (κ1) is 37.1. The van der Waals surface area contributed by atoms with Crippen LogP contribution in [0.25, 0.3) is 44.2 Å². The second-order valence-corrected chi connectivity index (χ2v) is 16.9. The molecule has 2 aliphatic heterocycles. The second-order valence-electron chi connectivity index (χ2n) is 16.9. The maximum Gasteiger partial charge on any atom is 0.410 e. The monoisotopic (exact) mass is 755 g/mol. The minimum absolute atomic E-state index is 0.0555. The lowest BCUT2D eigenvalue weighted by Crippen LogP contribution is -2.53. The number of alkyl carbamates (subject to hydrolysis) is 1. The predicted molar refractivity (Wildman–Crippen MR) is 214 cm³/mol. The molecule has 0 spiro atoms. The molecule has 6 atom stereocenters. The van der Waals surface area contributed by atoms with Gasteiger partial charge in [-0.2, -0.15) is 0 Å². The third kappa shape index (κ3) is 7.06. The van der Waals surface area contributed by atoms with Gasteiger partial charge >= 0.3 is 12.2 Å². The van der Waals surface area contributed by atoms with E-state index in [9.17, 15) is 14.4 Å². The zero-order chi connectivity index (χ0) is 39.5. The van der Waals surface area contributed by atoms with Crippen LogP contribution in [-0.4, -0.2) is 79.2 Å². The van der Waals surface area contributed by atoms with Crippen molar-refractivity contribution < 1.29 is 23.9 Å². The Balaban J connectivity index is 1.02. The van der Waals surface area contributed by atoms with Crippen LogP contribution in [0.2, 0.25) is 0 Å². The lowest BCUT2D eigenvalue weighted by atomic mass is 9.99. The standard InChI is InChI=1S/C44H49N7O5/c1-24(2)38(49-42(53)55-7)41(52)51-35-10-8-9-31(35)21-37(51)39-45-22-34(48-39)30-14-13-26-18-27(11-12-28(26)19-30)29-15-16-32-33(20-29)47-40(46-32)36-17-25(3)23-50(36)43(54)56-44(4,5)6/h11-16,18-20,22,24-25,31,35-38H,10,17,21,23H2,1-7H3,(H,45,48)(H,46,47)(H,49,53)/t25-,31-,35-,36+,37+,38+/m1/s1. The fourth-order valence-electron chi connectivity index (χ4n) is 8.49. The molecule has 3 amide bonds. The van der Waals surface area contributed by atoms with Crippen molar-refractivity contribution in [3.05, 3.63) is 72.4 Å². The molecule has 2 fully saturated rings. The number of nitrogens with zero attached hydrogens (tertiary/aromatic N) is 4. The average Bonchev–Trinajstić information content (AvgIpc) is 4.00. The van der Waals surface area contributed by atoms with Crippen molar-refractivity contribution in [2.45, 2.75) is 90.6 Å². The van der Waals surface area contributed by atoms with Gasteiger partial charge in [-0.05, 0) is 91.6 Å². The van der Waals surface area contributed by atoms with E-state index in [0.29, 0.717) is 31.1 Å². The molecule has 4 heterocycles. The van der Waals surface area contributed by atoms with Crippen LogP contribution in [0.1, 0.15) is 84.5 Å². The van der Waals surface area contributed by atoms with E-state index in [1.54, 1.807) is 4.90 Å². The van der Waals surface area contributed by atoms with Gasteiger partial charge in [-0.1, -0.05) is 57.0 Å². The molecule has 56 heavy (non-hydrogen) atoms. The molecule has 1 aliphatic carbocycles. The SMILES string of the molecule is COC(=O)N[C@H](C(=O)N1[C@@H]2CC#C[C@@H]2C[C@H]1c1ncc(-c2ccc3cc(-c4ccc5nc([C@@H]6C[C@@H](C)CN6C(=O)OC(C)(C)C)[nH]c5c4)ccc3c2)[nH]1)C(C)C. The number of fused-ring (bicyclic) bond motifs is 3. The van der Waals surface area contributed by atoms with Gasteiger partial charge in [0.05, 0.1) is 48.2 Å². The van der Waals surface area contributed by atoms with Crippen LogP contribution in [0.15, 0.2) is 60.8 Å². The third-order valence-corrected chi connectivity index (χ3v) is 11.2. The number of aromatic amines is 2. The molecule has 3 N–H and O–H groups in total. The van der Waals surface area contributed by atoms with Crippen molar-refractivity contribution in [2.24, 2.45) is 17.8 Å². The minimum atomic E-state index is -0.736. The number of hydrogen-bond donors (Lipinski definition) is 3. The number of methoxy groups -OCH3 is 1. The quantitative estimate of drug-likeness (QED) is 0.142. The van der Waals surface area contributed by atoms with Crippen molar-refractivity contribution in [3.63, 3.8) is 0 Å². The Morgan fingerprint density at radius 1 is 0.929 bits per heavy atom. The molecule has 5 aromatic rings. The van der Waals surface area contributed by atoms with E-state index in [2.05, 4.69) is 82.6 Å². The number of carbonyl (C=O) groups is 3. The summed E-state index contributed by atoms with van der Waals surface area (Å²) in [6.07, 6.45) is 2.98. The minimum Gasteiger partial charge on any atom is -0.453 e. The first-order chi connectivity index (χ1) is 26.8. The first-order valence-corrected chi connectivity index (χ1v) is 19.5. The van der Waals surface area contributed by atoms with E-state index in [1.807, 2.05) is 51.8 Å². The van der Waals surface area contributed by atoms with Gasteiger partial charge in [0.2, 0.25) is 5.91 Å². The van der Waals surface area contributed by atoms with Crippen LogP contribution in [0.5, 0.6) is 0 Å². The fraction of sp³-hybridized carbons (Fsp3) is 0.432. The zero-order valence-electron chi connectivity index (χ0n) is 33.0. The smallest absolute Gasteiger partial charge is 0.410 e. The maximum absolute atomic E-state index is 14.1. The summed E-state index contributed by atoms with van der Waals surface area (Å²) in [7, 11) is 1.30. The molecule has 3 aliphatic rings. The average molecular weight is 756 g/mol. The van der Waals surface area contributed by atoms with Crippen molar-refractivity contribution in [1.29, 1.82) is 0 Å². The highest BCUT2D eigenvalue weighted by Gasteiger charge is 2.48. The Morgan fingerprint density at radius 3 is 2.38 bits per heavy atom. The highest BCUT2D eigenvalue weighted by atomic mass is 16.6. The molecule has 3 aromatic carbocycles. The Labute approximate surface area is 326 Å². The molecule has 12 heteroatoms. The summed E-state index contributed by atoms with van der Waals surface area (Å²) < 4.78 is 10.5. The van der Waals surface area contributed by atoms with Gasteiger partial charge in [-0.25, -0.2) is 19.6 Å². The summed E-state index contributed by atoms with van der Waals surface area (Å²) >= 11 is 0. The van der Waals surface area contributed by atoms with E-state index >= 15 is 0 Å². The van der Waals surface area contributed by atoms with Crippen LogP contribution in [0, 0.1) is 29.6 Å². The van der Waals surface area contributed by atoms with Crippen molar-refractivity contribution in [3.8, 4) is 34.2 Å². The normalized spacial score (nSPS) is 22.3. The Kier molecular flexibility index (Phi) is 9.51. The number of amides is 3. The van der Waals surface area contributed by atoms with Crippen LogP contribution >= 0.6 is 0 Å². The predicted octanol–water partition coefficient (Wildman–Crippen LogP) is 8.14. The lowest BCUT2D eigenvalue weighted by molar-refractivity contribution is -0.137. The number of likely N-dealkylation sites (tertiary alicyclic amines) is 2. The van der Waals surface area contributed by atoms with E-state index in [1.165, 1.54) is 7.11 Å². The Hall–Kier alpha value is -5.83. The van der Waals surface area contributed by atoms with Gasteiger partial charge in [0.1, 0.15) is 23.3 Å². The highest BCUT2D eigenvalue weighted by Crippen LogP contribution is 2.43. The van der Waals surface area contributed by atoms with Gasteiger partial charge in [0.15, 0.2) is 0 Å². The van der Waals surface area contributed by atoms with Crippen LogP contribution in [-0.2, 0) is 14.3 Å². The summed E-state index contributed by atoms with van der Waals surface area (Å²) in [6, 6.07) is 17.7. The van der Waals surface area contributed by atoms with E-state index in [4.69, 9.17) is 19.4 Å². The highest BCUT2D eigenvalue weighted by molar-refractivity contribution is 5.92. The molecule has 12 nitrogen and oxygen atoms in total. The molecule has 8 rings (SSSR count). The molecule has 290 valence electrons. The summed E-state index contributed by atoms with van der Waals surface area (Å²) in [5.41, 5.74) is 5.20. The van der Waals surface area contributed by atoms with E-state index < -0.39 is 17.7 Å². The Bertz CT molecular complexity index is 2400. The molecule has 0 unspecified atom stereocenters. The first-order valence-electron chi connectivity index (χ1n) is 19.5. The lowest BCUT2D eigenvalue weighted by Gasteiger charge is -2.33. The molecule has 0 saturated carbocycles. The number of imidazole rings is 2. The van der Waals surface area contributed by atoms with Gasteiger partial charge in [-0.15, -0.1) is 5.92 Å². The van der Waals surface area contributed by atoms with Gasteiger partial charge < -0.3 is 29.7 Å². The van der Waals surface area contributed by atoms with Gasteiger partial charge in [0.25, 0.3) is 0 Å². The molecular weight excluding hydrogens is 707 g/mol. The molecule has 0 radical (unpaired) electrons. The van der Waals surface area contributed by atoms with Crippen molar-refractivity contribution in [2.75, 3.05) is 13.7 Å². The van der Waals surface area contributed by atoms with Gasteiger partial charge in [0, 0.05) is 24.4 Å². The number of aromatic nitrogens is 4. The number of carbonyl (C=O) groups excluding carboxylic acids is 3. The van der Waals surface area contributed by atoms with Gasteiger partial charge in [-0.3, -0.25) is 9.69 Å². The molecular formula is C44H49N7O5. The number of ether oxygens (including phenoxy) is 2. The van der Waals surface area contributed by atoms with E-state index in [-0.39, 0.29) is 42.0 Å². The number of benzene rings is 3. The van der Waals surface area contributed by atoms with Crippen LogP contribution in [0.3, 0.4) is 0 Å². The summed E-state index contributed by atoms with van der Waals surface area (Å²) in [4.78, 5) is 59.7. The summed E-state index contributed by atoms with van der Waals surface area (Å²) in [6.45, 7) is 12.3. The summed E-state index contributed by atoms with van der Waals surface area (Å²) in [5, 5.41) is 4.93. The summed E-state index contributed by atoms with van der Waals surface area (Å²) in [5.74, 6) is 8.08. The number of nitrogens with one attached hydrogen (secondary N) is 3. The maximum atomic E-state index is 14.1. The number of H-pyrrole nitrogens is 2. The molecule has 2 aromatic heterocycles. The van der Waals surface area contributed by atoms with Crippen LogP contribution in [0.4, 0.5) is 9.59 Å². The van der Waals surface area contributed by atoms with Crippen LogP contribution < -0.4 is 5.32 Å². The van der Waals surface area contributed by atoms with Crippen molar-refractivity contribution in [1.82, 2.24) is 35.1 Å². The largest absolute Gasteiger partial charge is 0.453 e. The Morgan fingerprint density at radius 2 is 1.64 bits per heavy atom. The molecule has 2 saturated heterocycles. The fourth-order valence-corrected chi connectivity index (χ4v) is 8.49.